The van der Waals surface area contributed by atoms with Crippen LogP contribution in [-0.2, 0) is 0 Å². The van der Waals surface area contributed by atoms with Gasteiger partial charge in [-0.25, -0.2) is 0 Å². The Balaban J connectivity index is 1.32. The number of furan rings is 1. The summed E-state index contributed by atoms with van der Waals surface area (Å²) in [6, 6.07) is 18.8. The fourth-order valence-corrected chi connectivity index (χ4v) is 5.85. The molecule has 0 N–H and O–H groups in total. The van der Waals surface area contributed by atoms with Crippen molar-refractivity contribution < 1.29 is 25.0 Å². The SMILES string of the molecule is [2H]c1c([2H])c([2H])c(-c2c([2H])c([2H])c([2H])c3c([2H])c(-c4c([2H])c([2H])c(N(c5cccc(-c6ccccc6)c5)c5ccc6oc7ccccc7c6c5)c([2H])c4[2H])c([2H])c([2H])c23)c([2H])c1[2H]. The summed E-state index contributed by atoms with van der Waals surface area (Å²) in [6.07, 6.45) is 0. The molecule has 0 aliphatic heterocycles. The summed E-state index contributed by atoms with van der Waals surface area (Å²) >= 11 is 0. The molecule has 1 aromatic heterocycles. The maximum atomic E-state index is 9.54. The number of rotatable bonds is 6. The van der Waals surface area contributed by atoms with Crippen LogP contribution in [0.2, 0.25) is 0 Å². The molecule has 0 atom stereocenters. The molecule has 48 heavy (non-hydrogen) atoms. The lowest BCUT2D eigenvalue weighted by Gasteiger charge is -2.26. The summed E-state index contributed by atoms with van der Waals surface area (Å²) < 4.78 is 140. The van der Waals surface area contributed by atoms with Crippen LogP contribution in [0.4, 0.5) is 17.1 Å². The summed E-state index contributed by atoms with van der Waals surface area (Å²) in [7, 11) is 0. The van der Waals surface area contributed by atoms with Crippen molar-refractivity contribution in [2.24, 2.45) is 0 Å². The predicted molar refractivity (Wildman–Crippen MR) is 202 cm³/mol. The van der Waals surface area contributed by atoms with Crippen LogP contribution in [0.25, 0.3) is 66.1 Å². The number of hydrogen-bond acceptors (Lipinski definition) is 2. The monoisotopic (exact) mass is 628 g/mol. The fraction of sp³-hybridized carbons (Fsp3) is 0. The molecule has 2 nitrogen and oxygen atoms in total. The minimum Gasteiger partial charge on any atom is -0.456 e. The maximum Gasteiger partial charge on any atom is 0.135 e. The summed E-state index contributed by atoms with van der Waals surface area (Å²) in [5, 5.41) is 0.564. The zero-order chi connectivity index (χ0) is 44.9. The van der Waals surface area contributed by atoms with Gasteiger partial charge in [0, 0.05) is 27.8 Å². The van der Waals surface area contributed by atoms with Crippen LogP contribution in [0.3, 0.4) is 0 Å². The Morgan fingerprint density at radius 2 is 1.17 bits per heavy atom. The summed E-state index contributed by atoms with van der Waals surface area (Å²) in [5.74, 6) is 0. The van der Waals surface area contributed by atoms with E-state index in [1.54, 1.807) is 23.1 Å². The van der Waals surface area contributed by atoms with Crippen LogP contribution in [0.15, 0.2) is 192 Å². The molecule has 9 rings (SSSR count). The molecule has 8 aromatic carbocycles. The van der Waals surface area contributed by atoms with E-state index in [1.165, 1.54) is 0 Å². The quantitative estimate of drug-likeness (QED) is 0.182. The number of nitrogens with zero attached hydrogens (tertiary/aromatic N) is 1. The molecule has 0 aliphatic rings. The molecular formula is C46H31NO. The first-order valence-electron chi connectivity index (χ1n) is 22.6. The molecule has 2 heteroatoms. The molecule has 0 unspecified atom stereocenters. The van der Waals surface area contributed by atoms with E-state index < -0.39 is 124 Å². The first-order valence-corrected chi connectivity index (χ1v) is 15.1. The van der Waals surface area contributed by atoms with Crippen molar-refractivity contribution in [3.63, 3.8) is 0 Å². The minimum atomic E-state index is -0.800. The van der Waals surface area contributed by atoms with Gasteiger partial charge in [0.2, 0.25) is 0 Å². The van der Waals surface area contributed by atoms with Gasteiger partial charge in [-0.05, 0) is 98.7 Å². The third-order valence-corrected chi connectivity index (χ3v) is 8.10. The lowest BCUT2D eigenvalue weighted by atomic mass is 9.95. The first kappa shape index (κ1) is 16.4. The smallest absolute Gasteiger partial charge is 0.135 e. The average molecular weight is 629 g/mol. The van der Waals surface area contributed by atoms with Crippen LogP contribution in [-0.4, -0.2) is 0 Å². The molecule has 0 saturated heterocycles. The zero-order valence-corrected chi connectivity index (χ0v) is 25.1. The first-order chi connectivity index (χ1) is 30.0. The highest BCUT2D eigenvalue weighted by Gasteiger charge is 2.17. The van der Waals surface area contributed by atoms with Gasteiger partial charge in [0.25, 0.3) is 0 Å². The van der Waals surface area contributed by atoms with Crippen molar-refractivity contribution in [2.45, 2.75) is 0 Å². The zero-order valence-electron chi connectivity index (χ0n) is 40.1. The van der Waals surface area contributed by atoms with Crippen molar-refractivity contribution in [2.75, 3.05) is 4.90 Å². The lowest BCUT2D eigenvalue weighted by molar-refractivity contribution is 0.669. The number of benzene rings is 8. The molecule has 0 radical (unpaired) electrons. The van der Waals surface area contributed by atoms with E-state index in [2.05, 4.69) is 0 Å². The van der Waals surface area contributed by atoms with Crippen molar-refractivity contribution in [1.82, 2.24) is 0 Å². The third kappa shape index (κ3) is 5.01. The fourth-order valence-electron chi connectivity index (χ4n) is 5.85. The number of hydrogen-bond donors (Lipinski definition) is 0. The highest BCUT2D eigenvalue weighted by Crippen LogP contribution is 2.41. The standard InChI is InChI=1S/C46H31NO/c1-3-11-32(12-4-1)35-15-9-17-39(30-35)47(40-26-28-46-44(31-40)43-18-7-8-20-45(43)48-46)38-24-21-33(22-25-38)36-23-27-42-37(29-36)16-10-19-41(42)34-13-5-2-6-14-34/h1-31H/i2D,5D,6D,10D,13D,14D,16D,19D,21D,22D,23D,24D,25D,27D,29D. The van der Waals surface area contributed by atoms with Crippen molar-refractivity contribution in [3.8, 4) is 33.4 Å². The summed E-state index contributed by atoms with van der Waals surface area (Å²) in [5.41, 5.74) is 1.51. The van der Waals surface area contributed by atoms with Crippen LogP contribution in [0.1, 0.15) is 20.6 Å². The van der Waals surface area contributed by atoms with E-state index in [0.29, 0.717) is 22.5 Å². The predicted octanol–water partition coefficient (Wildman–Crippen LogP) is 13.2. The van der Waals surface area contributed by atoms with Crippen LogP contribution in [0, 0.1) is 0 Å². The Morgan fingerprint density at radius 3 is 2.04 bits per heavy atom. The normalized spacial score (nSPS) is 15.7. The van der Waals surface area contributed by atoms with Gasteiger partial charge in [-0.1, -0.05) is 133 Å². The molecule has 1 heterocycles. The number of fused-ring (bicyclic) bond motifs is 4. The van der Waals surface area contributed by atoms with Crippen molar-refractivity contribution in [1.29, 1.82) is 0 Å². The van der Waals surface area contributed by atoms with E-state index in [1.807, 2.05) is 78.9 Å². The molecular weight excluding hydrogens is 583 g/mol. The Morgan fingerprint density at radius 1 is 0.417 bits per heavy atom. The van der Waals surface area contributed by atoms with E-state index in [9.17, 15) is 9.60 Å². The van der Waals surface area contributed by atoms with Gasteiger partial charge in [0.05, 0.1) is 20.6 Å². The number of para-hydroxylation sites is 1. The second kappa shape index (κ2) is 11.8. The molecule has 0 aliphatic carbocycles. The molecule has 0 fully saturated rings. The number of anilines is 3. The molecule has 0 bridgehead atoms. The Labute approximate surface area is 300 Å². The van der Waals surface area contributed by atoms with E-state index in [0.717, 1.165) is 21.9 Å². The highest BCUT2D eigenvalue weighted by atomic mass is 16.3. The molecule has 9 aromatic rings. The van der Waals surface area contributed by atoms with E-state index >= 15 is 0 Å². The topological polar surface area (TPSA) is 16.4 Å². The van der Waals surface area contributed by atoms with Crippen LogP contribution >= 0.6 is 0 Å². The average Bonchev–Trinajstić information content (AvgIpc) is 3.67. The minimum absolute atomic E-state index is 0.173. The molecule has 226 valence electrons. The van der Waals surface area contributed by atoms with Crippen LogP contribution in [0.5, 0.6) is 0 Å². The lowest BCUT2D eigenvalue weighted by Crippen LogP contribution is -2.10. The van der Waals surface area contributed by atoms with Crippen molar-refractivity contribution >= 4 is 49.8 Å². The van der Waals surface area contributed by atoms with E-state index in [-0.39, 0.29) is 5.69 Å². The molecule has 0 amide bonds. The maximum absolute atomic E-state index is 9.54. The molecule has 0 spiro atoms. The summed E-state index contributed by atoms with van der Waals surface area (Å²) in [6.45, 7) is 0. The van der Waals surface area contributed by atoms with Crippen molar-refractivity contribution in [3.05, 3.63) is 188 Å². The largest absolute Gasteiger partial charge is 0.456 e. The van der Waals surface area contributed by atoms with Gasteiger partial charge in [-0.2, -0.15) is 0 Å². The van der Waals surface area contributed by atoms with Crippen LogP contribution < -0.4 is 4.90 Å². The van der Waals surface area contributed by atoms with Gasteiger partial charge in [0.15, 0.2) is 0 Å². The molecule has 0 saturated carbocycles. The Bertz CT molecular complexity index is 3360. The van der Waals surface area contributed by atoms with Gasteiger partial charge >= 0.3 is 0 Å². The Kier molecular flexibility index (Phi) is 4.03. The highest BCUT2D eigenvalue weighted by molar-refractivity contribution is 6.06. The summed E-state index contributed by atoms with van der Waals surface area (Å²) in [4.78, 5) is 1.59. The third-order valence-electron chi connectivity index (χ3n) is 8.10. The van der Waals surface area contributed by atoms with Gasteiger partial charge in [0.1, 0.15) is 11.2 Å². The Hall–Kier alpha value is -6.38. The van der Waals surface area contributed by atoms with Gasteiger partial charge in [-0.15, -0.1) is 0 Å². The second-order valence-electron chi connectivity index (χ2n) is 11.0. The second-order valence-corrected chi connectivity index (χ2v) is 11.0. The van der Waals surface area contributed by atoms with E-state index in [4.69, 9.17) is 15.4 Å². The van der Waals surface area contributed by atoms with Gasteiger partial charge in [-0.3, -0.25) is 0 Å². The van der Waals surface area contributed by atoms with Gasteiger partial charge < -0.3 is 9.32 Å².